The van der Waals surface area contributed by atoms with Gasteiger partial charge in [-0.05, 0) is 24.6 Å². The summed E-state index contributed by atoms with van der Waals surface area (Å²) in [6.45, 7) is 6.29. The van der Waals surface area contributed by atoms with E-state index in [0.717, 1.165) is 11.3 Å². The Bertz CT molecular complexity index is 430. The topological polar surface area (TPSA) is 49.4 Å². The van der Waals surface area contributed by atoms with Crippen molar-refractivity contribution in [2.45, 2.75) is 27.2 Å². The molecule has 1 aromatic carbocycles. The number of benzene rings is 1. The van der Waals surface area contributed by atoms with Crippen molar-refractivity contribution in [2.24, 2.45) is 0 Å². The van der Waals surface area contributed by atoms with Crippen LogP contribution >= 0.6 is 0 Å². The summed E-state index contributed by atoms with van der Waals surface area (Å²) in [4.78, 5) is 24.4. The Balaban J connectivity index is 2.66. The van der Waals surface area contributed by atoms with Gasteiger partial charge in [0.2, 0.25) is 11.8 Å². The Labute approximate surface area is 108 Å². The molecule has 0 atom stereocenters. The Morgan fingerprint density at radius 2 is 2.06 bits per heavy atom. The van der Waals surface area contributed by atoms with Crippen LogP contribution in [0.4, 0.5) is 5.69 Å². The molecule has 0 bridgehead atoms. The predicted octanol–water partition coefficient (Wildman–Crippen LogP) is 1.87. The highest BCUT2D eigenvalue weighted by molar-refractivity contribution is 5.91. The molecule has 0 aromatic heterocycles. The highest BCUT2D eigenvalue weighted by Crippen LogP contribution is 2.15. The number of carbonyl (C=O) groups is 2. The van der Waals surface area contributed by atoms with Gasteiger partial charge in [0.15, 0.2) is 0 Å². The van der Waals surface area contributed by atoms with E-state index < -0.39 is 0 Å². The molecule has 2 amide bonds. The second-order valence-electron chi connectivity index (χ2n) is 4.21. The van der Waals surface area contributed by atoms with Crippen molar-refractivity contribution in [3.05, 3.63) is 29.8 Å². The summed E-state index contributed by atoms with van der Waals surface area (Å²) in [6.07, 6.45) is 0.463. The molecule has 0 saturated heterocycles. The first-order valence-electron chi connectivity index (χ1n) is 6.16. The van der Waals surface area contributed by atoms with Crippen LogP contribution in [0.3, 0.4) is 0 Å². The molecule has 0 aliphatic heterocycles. The number of nitrogens with one attached hydrogen (secondary N) is 1. The summed E-state index contributed by atoms with van der Waals surface area (Å²) in [5.41, 5.74) is 1.98. The van der Waals surface area contributed by atoms with E-state index in [2.05, 4.69) is 5.32 Å². The van der Waals surface area contributed by atoms with Crippen molar-refractivity contribution in [2.75, 3.05) is 18.0 Å². The van der Waals surface area contributed by atoms with Crippen LogP contribution in [0, 0.1) is 6.92 Å². The van der Waals surface area contributed by atoms with Crippen LogP contribution < -0.4 is 10.2 Å². The lowest BCUT2D eigenvalue weighted by molar-refractivity contribution is -0.121. The standard InChI is InChI=1S/C14H20N2O2/c1-4-14(18)15-8-9-16(12(3)17)13-7-5-6-11(2)10-13/h5-7,10H,4,8-9H2,1-3H3,(H,15,18). The lowest BCUT2D eigenvalue weighted by Gasteiger charge is -2.21. The van der Waals surface area contributed by atoms with E-state index in [4.69, 9.17) is 0 Å². The third kappa shape index (κ3) is 4.20. The number of aryl methyl sites for hydroxylation is 1. The summed E-state index contributed by atoms with van der Waals surface area (Å²) in [6, 6.07) is 7.77. The minimum absolute atomic E-state index is 0.00254. The summed E-state index contributed by atoms with van der Waals surface area (Å²) in [5.74, 6) is -0.0194. The largest absolute Gasteiger partial charge is 0.354 e. The minimum Gasteiger partial charge on any atom is -0.354 e. The molecule has 0 unspecified atom stereocenters. The quantitative estimate of drug-likeness (QED) is 0.865. The second kappa shape index (κ2) is 6.79. The van der Waals surface area contributed by atoms with Gasteiger partial charge in [-0.25, -0.2) is 0 Å². The van der Waals surface area contributed by atoms with Crippen molar-refractivity contribution in [1.82, 2.24) is 5.32 Å². The Kier molecular flexibility index (Phi) is 5.36. The Morgan fingerprint density at radius 1 is 1.33 bits per heavy atom. The van der Waals surface area contributed by atoms with Gasteiger partial charge in [-0.1, -0.05) is 19.1 Å². The van der Waals surface area contributed by atoms with Gasteiger partial charge in [-0.15, -0.1) is 0 Å². The van der Waals surface area contributed by atoms with Gasteiger partial charge in [0.25, 0.3) is 0 Å². The highest BCUT2D eigenvalue weighted by Gasteiger charge is 2.11. The zero-order chi connectivity index (χ0) is 13.5. The number of nitrogens with zero attached hydrogens (tertiary/aromatic N) is 1. The maximum atomic E-state index is 11.6. The molecule has 0 heterocycles. The molecule has 4 nitrogen and oxygen atoms in total. The van der Waals surface area contributed by atoms with E-state index >= 15 is 0 Å². The van der Waals surface area contributed by atoms with Crippen LogP contribution in [-0.4, -0.2) is 24.9 Å². The van der Waals surface area contributed by atoms with Gasteiger partial charge < -0.3 is 10.2 Å². The number of carbonyl (C=O) groups excluding carboxylic acids is 2. The first-order valence-corrected chi connectivity index (χ1v) is 6.16. The van der Waals surface area contributed by atoms with Crippen LogP contribution in [0.15, 0.2) is 24.3 Å². The first kappa shape index (κ1) is 14.2. The van der Waals surface area contributed by atoms with Crippen molar-refractivity contribution in [1.29, 1.82) is 0 Å². The molecular formula is C14H20N2O2. The monoisotopic (exact) mass is 248 g/mol. The minimum atomic E-state index is -0.0219. The highest BCUT2D eigenvalue weighted by atomic mass is 16.2. The van der Waals surface area contributed by atoms with E-state index in [-0.39, 0.29) is 11.8 Å². The molecule has 1 aromatic rings. The average molecular weight is 248 g/mol. The van der Waals surface area contributed by atoms with Gasteiger partial charge in [-0.3, -0.25) is 9.59 Å². The van der Waals surface area contributed by atoms with Gasteiger partial charge in [0, 0.05) is 32.1 Å². The molecular weight excluding hydrogens is 228 g/mol. The summed E-state index contributed by atoms with van der Waals surface area (Å²) in [5, 5.41) is 2.77. The fourth-order valence-electron chi connectivity index (χ4n) is 1.70. The number of anilines is 1. The van der Waals surface area contributed by atoms with E-state index in [0.29, 0.717) is 19.5 Å². The fourth-order valence-corrected chi connectivity index (χ4v) is 1.70. The molecule has 0 aliphatic carbocycles. The van der Waals surface area contributed by atoms with Crippen LogP contribution in [0.1, 0.15) is 25.8 Å². The maximum Gasteiger partial charge on any atom is 0.223 e. The van der Waals surface area contributed by atoms with Crippen LogP contribution in [-0.2, 0) is 9.59 Å². The first-order chi connectivity index (χ1) is 8.54. The molecule has 4 heteroatoms. The van der Waals surface area contributed by atoms with E-state index in [1.807, 2.05) is 31.2 Å². The summed E-state index contributed by atoms with van der Waals surface area (Å²) >= 11 is 0. The Morgan fingerprint density at radius 3 is 2.61 bits per heavy atom. The third-order valence-corrected chi connectivity index (χ3v) is 2.67. The molecule has 1 N–H and O–H groups in total. The lowest BCUT2D eigenvalue weighted by Crippen LogP contribution is -2.37. The van der Waals surface area contributed by atoms with Gasteiger partial charge in [0.05, 0.1) is 0 Å². The normalized spacial score (nSPS) is 9.94. The molecule has 1 rings (SSSR count). The zero-order valence-electron chi connectivity index (χ0n) is 11.2. The summed E-state index contributed by atoms with van der Waals surface area (Å²) in [7, 11) is 0. The summed E-state index contributed by atoms with van der Waals surface area (Å²) < 4.78 is 0. The molecule has 0 saturated carbocycles. The molecule has 0 fully saturated rings. The van der Waals surface area contributed by atoms with Gasteiger partial charge in [0.1, 0.15) is 0 Å². The zero-order valence-corrected chi connectivity index (χ0v) is 11.2. The van der Waals surface area contributed by atoms with Crippen LogP contribution in [0.5, 0.6) is 0 Å². The SMILES string of the molecule is CCC(=O)NCCN(C(C)=O)c1cccc(C)c1. The maximum absolute atomic E-state index is 11.6. The molecule has 0 spiro atoms. The van der Waals surface area contributed by atoms with E-state index in [1.54, 1.807) is 11.8 Å². The van der Waals surface area contributed by atoms with Crippen LogP contribution in [0.25, 0.3) is 0 Å². The predicted molar refractivity (Wildman–Crippen MR) is 72.5 cm³/mol. The third-order valence-electron chi connectivity index (χ3n) is 2.67. The lowest BCUT2D eigenvalue weighted by atomic mass is 10.2. The Hall–Kier alpha value is -1.84. The molecule has 98 valence electrons. The fraction of sp³-hybridized carbons (Fsp3) is 0.429. The van der Waals surface area contributed by atoms with E-state index in [1.165, 1.54) is 6.92 Å². The van der Waals surface area contributed by atoms with Crippen molar-refractivity contribution in [3.63, 3.8) is 0 Å². The number of hydrogen-bond donors (Lipinski definition) is 1. The molecule has 0 radical (unpaired) electrons. The van der Waals surface area contributed by atoms with Crippen molar-refractivity contribution in [3.8, 4) is 0 Å². The van der Waals surface area contributed by atoms with Crippen molar-refractivity contribution < 1.29 is 9.59 Å². The van der Waals surface area contributed by atoms with Crippen LogP contribution in [0.2, 0.25) is 0 Å². The molecule has 18 heavy (non-hydrogen) atoms. The van der Waals surface area contributed by atoms with Crippen molar-refractivity contribution >= 4 is 17.5 Å². The molecule has 0 aliphatic rings. The van der Waals surface area contributed by atoms with E-state index in [9.17, 15) is 9.59 Å². The number of amides is 2. The smallest absolute Gasteiger partial charge is 0.223 e. The average Bonchev–Trinajstić information content (AvgIpc) is 2.33. The van der Waals surface area contributed by atoms with Gasteiger partial charge >= 0.3 is 0 Å². The second-order valence-corrected chi connectivity index (χ2v) is 4.21. The number of rotatable bonds is 5. The van der Waals surface area contributed by atoms with Gasteiger partial charge in [-0.2, -0.15) is 0 Å². The number of hydrogen-bond acceptors (Lipinski definition) is 2.